The van der Waals surface area contributed by atoms with Gasteiger partial charge in [0.1, 0.15) is 19.3 Å². The molecule has 316 valence electrons. The molecule has 2 unspecified atom stereocenters. The Hall–Kier alpha value is -1.54. The van der Waals surface area contributed by atoms with Gasteiger partial charge in [-0.3, -0.25) is 13.8 Å². The number of rotatable bonds is 40. The second-order valence-electron chi connectivity index (χ2n) is 15.7. The molecule has 0 fully saturated rings. The van der Waals surface area contributed by atoms with Crippen molar-refractivity contribution in [1.29, 1.82) is 0 Å². The van der Waals surface area contributed by atoms with Gasteiger partial charge in [-0.05, 0) is 77.0 Å². The summed E-state index contributed by atoms with van der Waals surface area (Å²) in [6.45, 7) is 5.53. The maximum Gasteiger partial charge on any atom is 0.472 e. The van der Waals surface area contributed by atoms with Gasteiger partial charge in [0.2, 0.25) is 0 Å². The van der Waals surface area contributed by atoms with Crippen LogP contribution in [0.25, 0.3) is 0 Å². The van der Waals surface area contributed by atoms with E-state index in [4.69, 9.17) is 18.5 Å². The summed E-state index contributed by atoms with van der Waals surface area (Å²) < 4.78 is 34.9. The van der Waals surface area contributed by atoms with Crippen LogP contribution in [0.2, 0.25) is 0 Å². The summed E-state index contributed by atoms with van der Waals surface area (Å²) in [6, 6.07) is 0. The van der Waals surface area contributed by atoms with Gasteiger partial charge in [-0.15, -0.1) is 0 Å². The molecule has 0 heterocycles. The van der Waals surface area contributed by atoms with E-state index in [1.165, 1.54) is 89.9 Å². The summed E-state index contributed by atoms with van der Waals surface area (Å²) in [6.07, 6.45) is 45.7. The fourth-order valence-corrected chi connectivity index (χ4v) is 6.41. The van der Waals surface area contributed by atoms with Crippen LogP contribution in [-0.4, -0.2) is 75.6 Å². The van der Waals surface area contributed by atoms with Gasteiger partial charge >= 0.3 is 13.8 Å². The number of phosphoric acid groups is 1. The Morgan fingerprint density at radius 3 is 1.54 bits per heavy atom. The van der Waals surface area contributed by atoms with Gasteiger partial charge in [-0.25, -0.2) is 4.57 Å². The monoisotopic (exact) mass is 783 g/mol. The van der Waals surface area contributed by atoms with Gasteiger partial charge in [0, 0.05) is 13.0 Å². The van der Waals surface area contributed by atoms with Crippen molar-refractivity contribution in [2.75, 3.05) is 54.1 Å². The van der Waals surface area contributed by atoms with Crippen molar-refractivity contribution < 1.29 is 37.3 Å². The Morgan fingerprint density at radius 2 is 1.02 bits per heavy atom. The molecular formula is C45H85NO7P+. The summed E-state index contributed by atoms with van der Waals surface area (Å²) in [5.41, 5.74) is 0. The highest BCUT2D eigenvalue weighted by molar-refractivity contribution is 7.47. The third-order valence-electron chi connectivity index (χ3n) is 9.11. The molecule has 0 aliphatic carbocycles. The molecule has 54 heavy (non-hydrogen) atoms. The van der Waals surface area contributed by atoms with E-state index in [0.717, 1.165) is 64.2 Å². The standard InChI is InChI=1S/C45H84NO7P/c1-6-8-10-12-14-16-18-20-21-22-23-24-25-26-27-29-31-33-35-37-40-50-42-44(43-52-54(48,49)51-41-39-46(3,4)5)53-45(47)38-36-34-32-30-28-19-17-15-13-11-9-7-2/h14-17,20-21,23-24,44H,6-13,18-19,22,25-43H2,1-5H3/p+1/b16-14-,17-15-,21-20-,24-23-. The number of carbonyl (C=O) groups is 1. The molecule has 0 aromatic carbocycles. The van der Waals surface area contributed by atoms with E-state index in [0.29, 0.717) is 24.1 Å². The van der Waals surface area contributed by atoms with Crippen LogP contribution in [0.15, 0.2) is 48.6 Å². The smallest absolute Gasteiger partial charge is 0.457 e. The molecule has 1 N–H and O–H groups in total. The van der Waals surface area contributed by atoms with Gasteiger partial charge < -0.3 is 18.9 Å². The molecule has 0 aliphatic rings. The van der Waals surface area contributed by atoms with Crippen molar-refractivity contribution in [3.8, 4) is 0 Å². The van der Waals surface area contributed by atoms with E-state index in [-0.39, 0.29) is 25.8 Å². The first kappa shape index (κ1) is 52.5. The molecule has 0 aromatic heterocycles. The molecule has 0 spiro atoms. The quantitative estimate of drug-likeness (QED) is 0.0218. The first-order valence-corrected chi connectivity index (χ1v) is 23.4. The normalized spacial score (nSPS) is 14.3. The lowest BCUT2D eigenvalue weighted by atomic mass is 10.1. The number of likely N-dealkylation sites (N-methyl/N-ethyl adjacent to an activating group) is 1. The molecule has 0 saturated carbocycles. The molecule has 0 radical (unpaired) electrons. The predicted molar refractivity (Wildman–Crippen MR) is 229 cm³/mol. The van der Waals surface area contributed by atoms with Crippen LogP contribution in [0.5, 0.6) is 0 Å². The molecule has 0 amide bonds. The van der Waals surface area contributed by atoms with Crippen LogP contribution < -0.4 is 0 Å². The fourth-order valence-electron chi connectivity index (χ4n) is 5.67. The highest BCUT2D eigenvalue weighted by Crippen LogP contribution is 2.43. The average Bonchev–Trinajstić information content (AvgIpc) is 3.12. The maximum absolute atomic E-state index is 12.7. The van der Waals surface area contributed by atoms with E-state index >= 15 is 0 Å². The Labute approximate surface area is 333 Å². The molecular weight excluding hydrogens is 697 g/mol. The molecule has 2 atom stereocenters. The average molecular weight is 783 g/mol. The number of esters is 1. The summed E-state index contributed by atoms with van der Waals surface area (Å²) in [4.78, 5) is 22.8. The van der Waals surface area contributed by atoms with Crippen LogP contribution in [0.4, 0.5) is 0 Å². The van der Waals surface area contributed by atoms with Crippen molar-refractivity contribution in [3.63, 3.8) is 0 Å². The van der Waals surface area contributed by atoms with Gasteiger partial charge in [0.25, 0.3) is 0 Å². The summed E-state index contributed by atoms with van der Waals surface area (Å²) in [5.74, 6) is -0.329. The van der Waals surface area contributed by atoms with Crippen molar-refractivity contribution in [2.45, 2.75) is 180 Å². The van der Waals surface area contributed by atoms with Crippen LogP contribution >= 0.6 is 7.82 Å². The highest BCUT2D eigenvalue weighted by Gasteiger charge is 2.26. The minimum Gasteiger partial charge on any atom is -0.457 e. The van der Waals surface area contributed by atoms with Gasteiger partial charge in [-0.1, -0.05) is 140 Å². The highest BCUT2D eigenvalue weighted by atomic mass is 31.2. The zero-order valence-corrected chi connectivity index (χ0v) is 36.6. The van der Waals surface area contributed by atoms with E-state index in [1.54, 1.807) is 0 Å². The number of carbonyl (C=O) groups excluding carboxylic acids is 1. The Balaban J connectivity index is 4.23. The van der Waals surface area contributed by atoms with Crippen LogP contribution in [-0.2, 0) is 27.9 Å². The van der Waals surface area contributed by atoms with Crippen molar-refractivity contribution in [2.24, 2.45) is 0 Å². The van der Waals surface area contributed by atoms with Gasteiger partial charge in [-0.2, -0.15) is 0 Å². The predicted octanol–water partition coefficient (Wildman–Crippen LogP) is 12.8. The number of allylic oxidation sites excluding steroid dienone is 8. The first-order valence-electron chi connectivity index (χ1n) is 21.9. The number of unbranched alkanes of at least 4 members (excludes halogenated alkanes) is 18. The zero-order valence-electron chi connectivity index (χ0n) is 35.7. The SMILES string of the molecule is CCCCC/C=C\C/C=C\C/C=C\CCCCCCCCCOCC(COP(=O)(O)OCC[N+](C)(C)C)OC(=O)CCCCCCC/C=C\CCCCC. The number of nitrogens with zero attached hydrogens (tertiary/aromatic N) is 1. The number of quaternary nitrogens is 1. The largest absolute Gasteiger partial charge is 0.472 e. The number of hydrogen-bond acceptors (Lipinski definition) is 6. The van der Waals surface area contributed by atoms with Crippen LogP contribution in [0.3, 0.4) is 0 Å². The maximum atomic E-state index is 12.7. The molecule has 8 nitrogen and oxygen atoms in total. The van der Waals surface area contributed by atoms with Crippen LogP contribution in [0.1, 0.15) is 174 Å². The molecule has 9 heteroatoms. The van der Waals surface area contributed by atoms with E-state index in [1.807, 2.05) is 21.1 Å². The number of hydrogen-bond donors (Lipinski definition) is 1. The number of ether oxygens (including phenoxy) is 2. The summed E-state index contributed by atoms with van der Waals surface area (Å²) in [5, 5.41) is 0. The minimum atomic E-state index is -4.28. The van der Waals surface area contributed by atoms with Gasteiger partial charge in [0.05, 0.1) is 34.4 Å². The topological polar surface area (TPSA) is 91.3 Å². The molecule has 0 bridgehead atoms. The Bertz CT molecular complexity index is 1000. The van der Waals surface area contributed by atoms with Crippen molar-refractivity contribution in [1.82, 2.24) is 0 Å². The lowest BCUT2D eigenvalue weighted by Gasteiger charge is -2.24. The lowest BCUT2D eigenvalue weighted by molar-refractivity contribution is -0.870. The molecule has 0 saturated heterocycles. The van der Waals surface area contributed by atoms with E-state index in [9.17, 15) is 14.3 Å². The number of phosphoric ester groups is 1. The van der Waals surface area contributed by atoms with E-state index in [2.05, 4.69) is 62.5 Å². The molecule has 0 aliphatic heterocycles. The third-order valence-corrected chi connectivity index (χ3v) is 10.1. The molecule has 0 rings (SSSR count). The van der Waals surface area contributed by atoms with Crippen molar-refractivity contribution in [3.05, 3.63) is 48.6 Å². The lowest BCUT2D eigenvalue weighted by Crippen LogP contribution is -2.37. The Kier molecular flexibility index (Phi) is 37.2. The second-order valence-corrected chi connectivity index (χ2v) is 17.2. The van der Waals surface area contributed by atoms with Gasteiger partial charge in [0.15, 0.2) is 0 Å². The fraction of sp³-hybridized carbons (Fsp3) is 0.800. The van der Waals surface area contributed by atoms with Crippen LogP contribution in [0, 0.1) is 0 Å². The zero-order chi connectivity index (χ0) is 39.9. The minimum absolute atomic E-state index is 0.0834. The molecule has 0 aromatic rings. The van der Waals surface area contributed by atoms with Crippen molar-refractivity contribution >= 4 is 13.8 Å². The summed E-state index contributed by atoms with van der Waals surface area (Å²) in [7, 11) is 1.65. The van der Waals surface area contributed by atoms with E-state index < -0.39 is 13.9 Å². The third kappa shape index (κ3) is 41.6. The summed E-state index contributed by atoms with van der Waals surface area (Å²) >= 11 is 0. The second kappa shape index (κ2) is 38.3. The Morgan fingerprint density at radius 1 is 0.574 bits per heavy atom. The first-order chi connectivity index (χ1) is 26.1.